The predicted octanol–water partition coefficient (Wildman–Crippen LogP) is 17.1. The van der Waals surface area contributed by atoms with Crippen LogP contribution in [0.15, 0.2) is 217 Å². The molecule has 0 atom stereocenters. The molecule has 7 heteroatoms. The fraction of sp³-hybridized carbons (Fsp3) is 0. The molecule has 0 fully saturated rings. The number of para-hydroxylation sites is 2. The first-order valence-electron chi connectivity index (χ1n) is 23.6. The number of aromatic nitrogens is 5. The summed E-state index contributed by atoms with van der Waals surface area (Å²) in [4.78, 5) is 16.8. The standard InChI is InChI=1S/C63H35N5OS/c1-3-17-39-32-53-48(30-37(39)15-1)49-31-38-16-2-4-18-40(38)33-54(49)67(53)41-34-50(58-46-29-28-36-14-5-6-19-42(36)60(46)69-55(58)35-41)62-64-61(47-23-13-27-57-59(47)45-22-9-12-26-56(45)70-57)65-63(66-62)68-51-24-10-7-20-43(51)44-21-8-11-25-52(44)68/h1-35H. The van der Waals surface area contributed by atoms with Crippen LogP contribution in [0, 0.1) is 0 Å². The number of hydrogen-bond acceptors (Lipinski definition) is 5. The van der Waals surface area contributed by atoms with Gasteiger partial charge in [-0.1, -0.05) is 146 Å². The summed E-state index contributed by atoms with van der Waals surface area (Å²) in [6.07, 6.45) is 0. The number of benzene rings is 11. The summed E-state index contributed by atoms with van der Waals surface area (Å²) in [6.45, 7) is 0. The second-order valence-electron chi connectivity index (χ2n) is 18.3. The van der Waals surface area contributed by atoms with Crippen molar-refractivity contribution in [1.82, 2.24) is 24.1 Å². The van der Waals surface area contributed by atoms with Gasteiger partial charge in [0.25, 0.3) is 0 Å². The van der Waals surface area contributed by atoms with Gasteiger partial charge in [-0.15, -0.1) is 11.3 Å². The van der Waals surface area contributed by atoms with Gasteiger partial charge in [0.15, 0.2) is 11.6 Å². The maximum absolute atomic E-state index is 7.17. The lowest BCUT2D eigenvalue weighted by Gasteiger charge is -2.14. The molecule has 0 aliphatic heterocycles. The van der Waals surface area contributed by atoms with E-state index in [0.717, 1.165) is 87.8 Å². The third kappa shape index (κ3) is 5.35. The SMILES string of the molecule is c1ccc2cc3c(cc2c1)c1cc2ccccc2cc1n3-c1cc(-c2nc(-c3cccc4sc5ccccc5c34)nc(-n3c4ccccc4c4ccccc43)n2)c2c(c1)oc1c3ccccc3ccc12. The van der Waals surface area contributed by atoms with Crippen LogP contribution in [0.3, 0.4) is 0 Å². The molecule has 16 rings (SSSR count). The van der Waals surface area contributed by atoms with Crippen molar-refractivity contribution in [1.29, 1.82) is 0 Å². The Labute approximate surface area is 402 Å². The predicted molar refractivity (Wildman–Crippen MR) is 292 cm³/mol. The smallest absolute Gasteiger partial charge is 0.238 e. The summed E-state index contributed by atoms with van der Waals surface area (Å²) < 4.78 is 14.2. The van der Waals surface area contributed by atoms with Gasteiger partial charge in [-0.2, -0.15) is 9.97 Å². The Morgan fingerprint density at radius 2 is 0.900 bits per heavy atom. The molecule has 324 valence electrons. The van der Waals surface area contributed by atoms with E-state index in [2.05, 4.69) is 221 Å². The van der Waals surface area contributed by atoms with E-state index < -0.39 is 0 Å². The fourth-order valence-corrected chi connectivity index (χ4v) is 12.5. The van der Waals surface area contributed by atoms with Gasteiger partial charge in [0.1, 0.15) is 11.2 Å². The van der Waals surface area contributed by atoms with Gasteiger partial charge >= 0.3 is 0 Å². The number of nitrogens with zero attached hydrogens (tertiary/aromatic N) is 5. The first-order chi connectivity index (χ1) is 34.7. The van der Waals surface area contributed by atoms with Crippen LogP contribution in [0.4, 0.5) is 0 Å². The van der Waals surface area contributed by atoms with Crippen LogP contribution in [0.25, 0.3) is 152 Å². The van der Waals surface area contributed by atoms with Crippen LogP contribution in [0.2, 0.25) is 0 Å². The Hall–Kier alpha value is -9.17. The second-order valence-corrected chi connectivity index (χ2v) is 19.4. The summed E-state index contributed by atoms with van der Waals surface area (Å²) in [5, 5.41) is 15.8. The van der Waals surface area contributed by atoms with Gasteiger partial charge in [0.2, 0.25) is 5.95 Å². The zero-order valence-electron chi connectivity index (χ0n) is 37.3. The largest absolute Gasteiger partial charge is 0.455 e. The van der Waals surface area contributed by atoms with Crippen LogP contribution in [0.1, 0.15) is 0 Å². The lowest BCUT2D eigenvalue weighted by atomic mass is 10.0. The third-order valence-electron chi connectivity index (χ3n) is 14.5. The minimum atomic E-state index is 0.542. The van der Waals surface area contributed by atoms with Crippen molar-refractivity contribution < 1.29 is 4.42 Å². The lowest BCUT2D eigenvalue weighted by Crippen LogP contribution is -2.07. The summed E-state index contributed by atoms with van der Waals surface area (Å²) in [5.41, 5.74) is 8.60. The molecule has 0 aliphatic rings. The third-order valence-corrected chi connectivity index (χ3v) is 15.6. The molecule has 0 amide bonds. The normalized spacial score (nSPS) is 12.3. The molecule has 0 radical (unpaired) electrons. The van der Waals surface area contributed by atoms with Crippen LogP contribution in [0.5, 0.6) is 0 Å². The number of fused-ring (bicyclic) bond motifs is 16. The summed E-state index contributed by atoms with van der Waals surface area (Å²) >= 11 is 1.79. The Morgan fingerprint density at radius 3 is 1.59 bits per heavy atom. The monoisotopic (exact) mass is 909 g/mol. The van der Waals surface area contributed by atoms with E-state index in [9.17, 15) is 0 Å². The van der Waals surface area contributed by atoms with E-state index in [1.54, 1.807) is 11.3 Å². The van der Waals surface area contributed by atoms with Gasteiger partial charge in [-0.25, -0.2) is 4.98 Å². The number of furan rings is 1. The van der Waals surface area contributed by atoms with E-state index in [-0.39, 0.29) is 0 Å². The quantitative estimate of drug-likeness (QED) is 0.176. The van der Waals surface area contributed by atoms with Gasteiger partial charge in [0, 0.05) is 75.1 Å². The molecule has 0 aliphatic carbocycles. The molecule has 0 saturated carbocycles. The highest BCUT2D eigenvalue weighted by atomic mass is 32.1. The number of rotatable bonds is 4. The topological polar surface area (TPSA) is 61.7 Å². The highest BCUT2D eigenvalue weighted by Crippen LogP contribution is 2.45. The highest BCUT2D eigenvalue weighted by molar-refractivity contribution is 7.25. The van der Waals surface area contributed by atoms with E-state index in [1.165, 1.54) is 47.1 Å². The molecule has 0 unspecified atom stereocenters. The zero-order chi connectivity index (χ0) is 45.6. The molecule has 0 saturated heterocycles. The van der Waals surface area contributed by atoms with Crippen LogP contribution < -0.4 is 0 Å². The molecule has 6 nitrogen and oxygen atoms in total. The number of hydrogen-bond donors (Lipinski definition) is 0. The molecule has 11 aromatic carbocycles. The van der Waals surface area contributed by atoms with E-state index in [4.69, 9.17) is 19.4 Å². The Balaban J connectivity index is 1.07. The Morgan fingerprint density at radius 1 is 0.343 bits per heavy atom. The highest BCUT2D eigenvalue weighted by Gasteiger charge is 2.25. The molecule has 0 spiro atoms. The van der Waals surface area contributed by atoms with E-state index in [1.807, 2.05) is 0 Å². The maximum atomic E-state index is 7.17. The van der Waals surface area contributed by atoms with Crippen molar-refractivity contribution in [2.45, 2.75) is 0 Å². The molecule has 70 heavy (non-hydrogen) atoms. The van der Waals surface area contributed by atoms with Gasteiger partial charge in [0.05, 0.1) is 27.8 Å². The number of thiophene rings is 1. The maximum Gasteiger partial charge on any atom is 0.238 e. The Bertz CT molecular complexity index is 4770. The molecule has 0 bridgehead atoms. The molecule has 0 N–H and O–H groups in total. The average Bonchev–Trinajstić information content (AvgIpc) is 4.17. The average molecular weight is 910 g/mol. The summed E-state index contributed by atoms with van der Waals surface area (Å²) in [7, 11) is 0. The molecule has 16 aromatic rings. The van der Waals surface area contributed by atoms with Gasteiger partial charge in [-0.05, 0) is 87.6 Å². The molecular formula is C63H35N5OS. The second kappa shape index (κ2) is 14.2. The van der Waals surface area contributed by atoms with Crippen molar-refractivity contribution in [2.24, 2.45) is 0 Å². The molecular weight excluding hydrogens is 875 g/mol. The van der Waals surface area contributed by atoms with Gasteiger partial charge < -0.3 is 8.98 Å². The fourth-order valence-electron chi connectivity index (χ4n) is 11.4. The minimum Gasteiger partial charge on any atom is -0.455 e. The summed E-state index contributed by atoms with van der Waals surface area (Å²) in [6, 6.07) is 76.1. The van der Waals surface area contributed by atoms with Crippen molar-refractivity contribution in [3.63, 3.8) is 0 Å². The minimum absolute atomic E-state index is 0.542. The van der Waals surface area contributed by atoms with Crippen LogP contribution in [-0.2, 0) is 0 Å². The van der Waals surface area contributed by atoms with Crippen molar-refractivity contribution >= 4 is 129 Å². The van der Waals surface area contributed by atoms with Crippen molar-refractivity contribution in [3.8, 4) is 34.4 Å². The summed E-state index contributed by atoms with van der Waals surface area (Å²) in [5.74, 6) is 1.70. The zero-order valence-corrected chi connectivity index (χ0v) is 38.1. The van der Waals surface area contributed by atoms with Crippen molar-refractivity contribution in [2.75, 3.05) is 0 Å². The molecule has 5 heterocycles. The first-order valence-corrected chi connectivity index (χ1v) is 24.4. The van der Waals surface area contributed by atoms with E-state index >= 15 is 0 Å². The van der Waals surface area contributed by atoms with Gasteiger partial charge in [-0.3, -0.25) is 4.57 Å². The van der Waals surface area contributed by atoms with E-state index in [0.29, 0.717) is 17.6 Å². The van der Waals surface area contributed by atoms with Crippen LogP contribution in [-0.4, -0.2) is 24.1 Å². The van der Waals surface area contributed by atoms with Crippen LogP contribution >= 0.6 is 11.3 Å². The Kier molecular flexibility index (Phi) is 7.67. The van der Waals surface area contributed by atoms with Crippen molar-refractivity contribution in [3.05, 3.63) is 212 Å². The molecule has 5 aromatic heterocycles. The first kappa shape index (κ1) is 37.9. The lowest BCUT2D eigenvalue weighted by molar-refractivity contribution is 0.672.